The zero-order valence-corrected chi connectivity index (χ0v) is 23.3. The highest BCUT2D eigenvalue weighted by Crippen LogP contribution is 2.21. The number of hydrogen-bond acceptors (Lipinski definition) is 11. The number of carbonyl (C=O) groups excluding carboxylic acids is 3. The van der Waals surface area contributed by atoms with Crippen molar-refractivity contribution in [1.82, 2.24) is 4.90 Å². The molecule has 0 N–H and O–H groups in total. The topological polar surface area (TPSA) is 119 Å². The molecule has 11 nitrogen and oxygen atoms in total. The van der Waals surface area contributed by atoms with Crippen molar-refractivity contribution < 1.29 is 47.5 Å². The number of esters is 1. The highest BCUT2D eigenvalue weighted by molar-refractivity contribution is 7.99. The van der Waals surface area contributed by atoms with E-state index < -0.39 is 0 Å². The molecule has 0 spiro atoms. The minimum atomic E-state index is -0.384. The van der Waals surface area contributed by atoms with Crippen LogP contribution in [0.2, 0.25) is 0 Å². The summed E-state index contributed by atoms with van der Waals surface area (Å²) in [6.45, 7) is 7.82. The molecular formula is C25H45NO10S. The maximum atomic E-state index is 12.0. The van der Waals surface area contributed by atoms with Crippen LogP contribution in [0.1, 0.15) is 39.0 Å². The summed E-state index contributed by atoms with van der Waals surface area (Å²) in [6.07, 6.45) is 4.66. The second kappa shape index (κ2) is 23.7. The van der Waals surface area contributed by atoms with Crippen molar-refractivity contribution in [3.63, 3.8) is 0 Å². The number of ketones is 1. The first-order chi connectivity index (χ1) is 18.1. The van der Waals surface area contributed by atoms with Gasteiger partial charge in [-0.25, -0.2) is 4.79 Å². The number of nitrogens with zero attached hydrogens (tertiary/aromatic N) is 1. The molecule has 1 rings (SSSR count). The van der Waals surface area contributed by atoms with E-state index in [2.05, 4.69) is 6.26 Å². The van der Waals surface area contributed by atoms with E-state index in [0.717, 1.165) is 25.9 Å². The fourth-order valence-electron chi connectivity index (χ4n) is 3.24. The number of amides is 1. The lowest BCUT2D eigenvalue weighted by molar-refractivity contribution is -0.146. The summed E-state index contributed by atoms with van der Waals surface area (Å²) >= 11 is 1.86. The van der Waals surface area contributed by atoms with Gasteiger partial charge in [0, 0.05) is 31.2 Å². The van der Waals surface area contributed by atoms with Crippen LogP contribution in [0.15, 0.2) is 0 Å². The molecule has 37 heavy (non-hydrogen) atoms. The molecule has 0 atom stereocenters. The molecule has 1 aliphatic rings. The fraction of sp³-hybridized carbons (Fsp3) is 0.880. The van der Waals surface area contributed by atoms with Gasteiger partial charge in [-0.1, -0.05) is 6.92 Å². The van der Waals surface area contributed by atoms with E-state index in [1.54, 1.807) is 11.8 Å². The van der Waals surface area contributed by atoms with Gasteiger partial charge in [0.05, 0.1) is 72.5 Å². The molecule has 0 saturated carbocycles. The Kier molecular flexibility index (Phi) is 21.5. The molecular weight excluding hydrogens is 506 g/mol. The Morgan fingerprint density at radius 2 is 1.11 bits per heavy atom. The van der Waals surface area contributed by atoms with Gasteiger partial charge in [-0.05, 0) is 19.1 Å². The molecule has 1 aliphatic heterocycles. The Morgan fingerprint density at radius 1 is 0.676 bits per heavy atom. The zero-order valence-electron chi connectivity index (χ0n) is 22.5. The normalized spacial score (nSPS) is 14.1. The first-order valence-electron chi connectivity index (χ1n) is 13.1. The third kappa shape index (κ3) is 19.3. The number of rotatable bonds is 23. The van der Waals surface area contributed by atoms with Crippen LogP contribution in [-0.4, -0.2) is 127 Å². The molecule has 0 aromatic rings. The van der Waals surface area contributed by atoms with E-state index in [1.165, 1.54) is 0 Å². The van der Waals surface area contributed by atoms with E-state index in [1.807, 2.05) is 11.8 Å². The minimum absolute atomic E-state index is 0.0527. The highest BCUT2D eigenvalue weighted by atomic mass is 32.2. The number of likely N-dealkylation sites (tertiary alicyclic amines) is 1. The van der Waals surface area contributed by atoms with Gasteiger partial charge in [0.2, 0.25) is 0 Å². The molecule has 1 amide bonds. The van der Waals surface area contributed by atoms with Crippen molar-refractivity contribution in [3.8, 4) is 0 Å². The fourth-order valence-corrected chi connectivity index (χ4v) is 3.92. The summed E-state index contributed by atoms with van der Waals surface area (Å²) in [5.74, 6) is -0.331. The second-order valence-corrected chi connectivity index (χ2v) is 9.35. The molecule has 216 valence electrons. The summed E-state index contributed by atoms with van der Waals surface area (Å²) in [6, 6.07) is 0. The van der Waals surface area contributed by atoms with Crippen LogP contribution >= 0.6 is 11.8 Å². The standard InChI is InChI=1S/C25H45NO10S/c1-3-22(27)4-5-24(28)35-20-18-33-16-14-31-12-10-30-11-13-32-15-17-34-19-21-36-25(29)26-8-6-23(37-2)7-9-26/h23H,3-21H2,1-2H3. The summed E-state index contributed by atoms with van der Waals surface area (Å²) < 4.78 is 37.2. The summed E-state index contributed by atoms with van der Waals surface area (Å²) in [5, 5.41) is 0.643. The third-order valence-electron chi connectivity index (χ3n) is 5.47. The van der Waals surface area contributed by atoms with Crippen LogP contribution in [-0.2, 0) is 42.7 Å². The molecule has 0 unspecified atom stereocenters. The molecule has 0 bridgehead atoms. The van der Waals surface area contributed by atoms with Gasteiger partial charge < -0.3 is 38.1 Å². The summed E-state index contributed by atoms with van der Waals surface area (Å²) in [7, 11) is 0. The van der Waals surface area contributed by atoms with Gasteiger partial charge in [-0.2, -0.15) is 11.8 Å². The first-order valence-corrected chi connectivity index (χ1v) is 14.4. The molecule has 0 aromatic heterocycles. The van der Waals surface area contributed by atoms with E-state index in [0.29, 0.717) is 71.1 Å². The van der Waals surface area contributed by atoms with Crippen molar-refractivity contribution in [2.75, 3.05) is 98.6 Å². The molecule has 1 fully saturated rings. The summed E-state index contributed by atoms with van der Waals surface area (Å²) in [5.41, 5.74) is 0. The van der Waals surface area contributed by atoms with Crippen LogP contribution in [0, 0.1) is 0 Å². The number of ether oxygens (including phenoxy) is 7. The smallest absolute Gasteiger partial charge is 0.409 e. The van der Waals surface area contributed by atoms with E-state index in [4.69, 9.17) is 33.2 Å². The Balaban J connectivity index is 1.73. The Morgan fingerprint density at radius 3 is 1.54 bits per heavy atom. The van der Waals surface area contributed by atoms with Gasteiger partial charge in [0.1, 0.15) is 19.0 Å². The van der Waals surface area contributed by atoms with Crippen LogP contribution in [0.25, 0.3) is 0 Å². The van der Waals surface area contributed by atoms with Gasteiger partial charge >= 0.3 is 12.1 Å². The van der Waals surface area contributed by atoms with Crippen molar-refractivity contribution in [2.45, 2.75) is 44.3 Å². The van der Waals surface area contributed by atoms with E-state index >= 15 is 0 Å². The average Bonchev–Trinajstić information content (AvgIpc) is 2.92. The predicted octanol–water partition coefficient (Wildman–Crippen LogP) is 2.34. The lowest BCUT2D eigenvalue weighted by Crippen LogP contribution is -2.39. The lowest BCUT2D eigenvalue weighted by Gasteiger charge is -2.30. The average molecular weight is 552 g/mol. The van der Waals surface area contributed by atoms with Crippen molar-refractivity contribution in [1.29, 1.82) is 0 Å². The van der Waals surface area contributed by atoms with Crippen molar-refractivity contribution in [3.05, 3.63) is 0 Å². The Labute approximate surface area is 225 Å². The maximum absolute atomic E-state index is 12.0. The number of Topliss-reactive ketones (excluding diaryl/α,β-unsaturated/α-hetero) is 1. The lowest BCUT2D eigenvalue weighted by atomic mass is 10.1. The van der Waals surface area contributed by atoms with Crippen LogP contribution in [0.4, 0.5) is 4.79 Å². The summed E-state index contributed by atoms with van der Waals surface area (Å²) in [4.78, 5) is 36.3. The van der Waals surface area contributed by atoms with Crippen molar-refractivity contribution in [2.24, 2.45) is 0 Å². The van der Waals surface area contributed by atoms with Crippen LogP contribution in [0.3, 0.4) is 0 Å². The monoisotopic (exact) mass is 551 g/mol. The first kappa shape index (κ1) is 33.6. The zero-order chi connectivity index (χ0) is 27.0. The van der Waals surface area contributed by atoms with Gasteiger partial charge in [0.25, 0.3) is 0 Å². The second-order valence-electron chi connectivity index (χ2n) is 8.21. The van der Waals surface area contributed by atoms with Gasteiger partial charge in [-0.15, -0.1) is 0 Å². The Bertz CT molecular complexity index is 602. The predicted molar refractivity (Wildman–Crippen MR) is 139 cm³/mol. The number of carbonyl (C=O) groups is 3. The molecule has 0 radical (unpaired) electrons. The quantitative estimate of drug-likeness (QED) is 0.137. The SMILES string of the molecule is CCC(=O)CCC(=O)OCCOCCOCCOCCOCCOCCOC(=O)N1CCC(SC)CC1. The molecule has 1 saturated heterocycles. The Hall–Kier alpha value is -1.44. The minimum Gasteiger partial charge on any atom is -0.463 e. The highest BCUT2D eigenvalue weighted by Gasteiger charge is 2.22. The molecule has 0 aromatic carbocycles. The van der Waals surface area contributed by atoms with Gasteiger partial charge in [0.15, 0.2) is 0 Å². The van der Waals surface area contributed by atoms with Gasteiger partial charge in [-0.3, -0.25) is 9.59 Å². The number of thioether (sulfide) groups is 1. The largest absolute Gasteiger partial charge is 0.463 e. The molecule has 0 aliphatic carbocycles. The maximum Gasteiger partial charge on any atom is 0.409 e. The van der Waals surface area contributed by atoms with Crippen LogP contribution < -0.4 is 0 Å². The molecule has 12 heteroatoms. The van der Waals surface area contributed by atoms with Crippen molar-refractivity contribution >= 4 is 29.6 Å². The number of hydrogen-bond donors (Lipinski definition) is 0. The third-order valence-corrected chi connectivity index (χ3v) is 6.61. The number of piperidine rings is 1. The van der Waals surface area contributed by atoms with E-state index in [-0.39, 0.29) is 50.5 Å². The van der Waals surface area contributed by atoms with E-state index in [9.17, 15) is 14.4 Å². The van der Waals surface area contributed by atoms with Crippen LogP contribution in [0.5, 0.6) is 0 Å². The molecule has 1 heterocycles.